The van der Waals surface area contributed by atoms with Gasteiger partial charge in [0.15, 0.2) is 0 Å². The number of allylic oxidation sites excluding steroid dienone is 1. The molecule has 0 N–H and O–H groups in total. The normalized spacial score (nSPS) is 10.2. The van der Waals surface area contributed by atoms with Gasteiger partial charge in [-0.15, -0.1) is 0 Å². The highest BCUT2D eigenvalue weighted by atomic mass is 79.9. The van der Waals surface area contributed by atoms with Crippen LogP contribution in [0, 0.1) is 5.82 Å². The zero-order chi connectivity index (χ0) is 24.4. The van der Waals surface area contributed by atoms with E-state index >= 15 is 4.39 Å². The van der Waals surface area contributed by atoms with Crippen LogP contribution in [0.3, 0.4) is 0 Å². The Bertz CT molecular complexity index is 984. The largest absolute Gasteiger partial charge is 0.497 e. The van der Waals surface area contributed by atoms with Crippen molar-refractivity contribution in [3.05, 3.63) is 94.2 Å². The number of nitrogens with zero attached hydrogens (tertiary/aromatic N) is 1. The highest BCUT2D eigenvalue weighted by molar-refractivity contribution is 9.10. The van der Waals surface area contributed by atoms with Gasteiger partial charge in [-0.25, -0.2) is 4.39 Å². The molecule has 0 unspecified atom stereocenters. The number of methoxy groups -OCH3 is 2. The molecule has 0 fully saturated rings. The molecular weight excluding hydrogens is 481 g/mol. The van der Waals surface area contributed by atoms with Crippen LogP contribution in [0.15, 0.2) is 71.7 Å². The molecule has 0 aliphatic carbocycles. The molecule has 0 aliphatic rings. The lowest BCUT2D eigenvalue weighted by Crippen LogP contribution is -2.23. The van der Waals surface area contributed by atoms with Gasteiger partial charge in [-0.3, -0.25) is 0 Å². The van der Waals surface area contributed by atoms with Gasteiger partial charge < -0.3 is 14.4 Å². The fourth-order valence-electron chi connectivity index (χ4n) is 3.23. The molecule has 0 saturated carbocycles. The van der Waals surface area contributed by atoms with E-state index in [-0.39, 0.29) is 5.82 Å². The molecule has 3 aromatic rings. The monoisotopic (exact) mass is 513 g/mol. The first-order valence-corrected chi connectivity index (χ1v) is 11.8. The minimum atomic E-state index is -0.279. The van der Waals surface area contributed by atoms with Crippen molar-refractivity contribution in [3.63, 3.8) is 0 Å². The average molecular weight is 514 g/mol. The predicted molar refractivity (Wildman–Crippen MR) is 141 cm³/mol. The third kappa shape index (κ3) is 7.64. The summed E-state index contributed by atoms with van der Waals surface area (Å²) in [5.41, 5.74) is 4.22. The zero-order valence-corrected chi connectivity index (χ0v) is 21.7. The van der Waals surface area contributed by atoms with E-state index in [1.54, 1.807) is 14.2 Å². The number of benzene rings is 3. The van der Waals surface area contributed by atoms with Crippen LogP contribution in [-0.4, -0.2) is 14.2 Å². The average Bonchev–Trinajstić information content (AvgIpc) is 2.81. The van der Waals surface area contributed by atoms with Gasteiger partial charge in [0.25, 0.3) is 0 Å². The number of halogens is 2. The van der Waals surface area contributed by atoms with Gasteiger partial charge in [0.1, 0.15) is 17.3 Å². The van der Waals surface area contributed by atoms with Crippen LogP contribution in [0.1, 0.15) is 43.9 Å². The molecule has 0 radical (unpaired) electrons. The second kappa shape index (κ2) is 13.0. The summed E-state index contributed by atoms with van der Waals surface area (Å²) in [5.74, 6) is 1.30. The van der Waals surface area contributed by atoms with E-state index in [0.29, 0.717) is 18.8 Å². The fourth-order valence-corrected chi connectivity index (χ4v) is 3.90. The van der Waals surface area contributed by atoms with E-state index in [4.69, 9.17) is 9.47 Å². The summed E-state index contributed by atoms with van der Waals surface area (Å²) in [6.07, 6.45) is 1.25. The molecule has 3 aromatic carbocycles. The first kappa shape index (κ1) is 26.5. The smallest absolute Gasteiger partial charge is 0.147 e. The second-order valence-electron chi connectivity index (χ2n) is 7.82. The Kier molecular flexibility index (Phi) is 10.5. The molecule has 0 aromatic heterocycles. The molecule has 3 rings (SSSR count). The van der Waals surface area contributed by atoms with Crippen molar-refractivity contribution in [1.82, 2.24) is 0 Å². The summed E-state index contributed by atoms with van der Waals surface area (Å²) >= 11 is 3.57. The maximum Gasteiger partial charge on any atom is 0.147 e. The molecule has 33 heavy (non-hydrogen) atoms. The van der Waals surface area contributed by atoms with Crippen LogP contribution in [-0.2, 0) is 13.1 Å². The van der Waals surface area contributed by atoms with Crippen LogP contribution < -0.4 is 14.4 Å². The van der Waals surface area contributed by atoms with Crippen molar-refractivity contribution in [3.8, 4) is 11.5 Å². The van der Waals surface area contributed by atoms with E-state index < -0.39 is 0 Å². The first-order chi connectivity index (χ1) is 15.8. The Labute approximate surface area is 206 Å². The first-order valence-electron chi connectivity index (χ1n) is 11.0. The molecule has 3 nitrogen and oxygen atoms in total. The zero-order valence-electron chi connectivity index (χ0n) is 20.1. The topological polar surface area (TPSA) is 21.7 Å². The van der Waals surface area contributed by atoms with E-state index in [1.165, 1.54) is 12.5 Å². The summed E-state index contributed by atoms with van der Waals surface area (Å²) in [7, 11) is 3.28. The van der Waals surface area contributed by atoms with E-state index in [9.17, 15) is 0 Å². The number of rotatable bonds is 8. The van der Waals surface area contributed by atoms with E-state index in [2.05, 4.69) is 36.4 Å². The number of anilines is 1. The lowest BCUT2D eigenvalue weighted by Gasteiger charge is -2.27. The minimum absolute atomic E-state index is 0.279. The molecular formula is C28H33BrFNO2. The highest BCUT2D eigenvalue weighted by Gasteiger charge is 2.17. The molecule has 0 heterocycles. The molecule has 0 saturated heterocycles. The Morgan fingerprint density at radius 3 is 1.67 bits per heavy atom. The van der Waals surface area contributed by atoms with Crippen LogP contribution in [0.5, 0.6) is 11.5 Å². The van der Waals surface area contributed by atoms with Gasteiger partial charge in [0.05, 0.1) is 19.9 Å². The van der Waals surface area contributed by atoms with Gasteiger partial charge in [0.2, 0.25) is 0 Å². The van der Waals surface area contributed by atoms with Crippen LogP contribution in [0.4, 0.5) is 10.1 Å². The second-order valence-corrected chi connectivity index (χ2v) is 8.68. The Balaban J connectivity index is 0.00000122. The lowest BCUT2D eigenvalue weighted by atomic mass is 10.1. The summed E-state index contributed by atoms with van der Waals surface area (Å²) in [4.78, 5) is 2.02. The van der Waals surface area contributed by atoms with Crippen LogP contribution in [0.25, 0.3) is 5.57 Å². The van der Waals surface area contributed by atoms with Crippen molar-refractivity contribution in [2.75, 3.05) is 19.1 Å². The van der Waals surface area contributed by atoms with Crippen molar-refractivity contribution in [1.29, 1.82) is 0 Å². The van der Waals surface area contributed by atoms with Gasteiger partial charge in [0, 0.05) is 17.6 Å². The maximum atomic E-state index is 15.1. The van der Waals surface area contributed by atoms with Gasteiger partial charge in [-0.2, -0.15) is 0 Å². The van der Waals surface area contributed by atoms with Crippen molar-refractivity contribution < 1.29 is 13.9 Å². The van der Waals surface area contributed by atoms with Crippen molar-refractivity contribution >= 4 is 27.2 Å². The summed E-state index contributed by atoms with van der Waals surface area (Å²) in [5, 5.41) is 0. The molecule has 0 bridgehead atoms. The number of hydrogen-bond donors (Lipinski definition) is 0. The molecule has 5 heteroatoms. The predicted octanol–water partition coefficient (Wildman–Crippen LogP) is 8.26. The third-order valence-corrected chi connectivity index (χ3v) is 5.56. The van der Waals surface area contributed by atoms with Gasteiger partial charge in [-0.05, 0) is 65.6 Å². The van der Waals surface area contributed by atoms with Crippen LogP contribution in [0.2, 0.25) is 0 Å². The number of ether oxygens (including phenoxy) is 2. The molecule has 0 amide bonds. The van der Waals surface area contributed by atoms with Gasteiger partial charge in [-0.1, -0.05) is 67.0 Å². The Morgan fingerprint density at radius 1 is 0.879 bits per heavy atom. The Morgan fingerprint density at radius 2 is 1.30 bits per heavy atom. The molecule has 0 spiro atoms. The lowest BCUT2D eigenvalue weighted by molar-refractivity contribution is 0.414. The quantitative estimate of drug-likeness (QED) is 0.302. The van der Waals surface area contributed by atoms with Crippen LogP contribution >= 0.6 is 15.9 Å². The summed E-state index contributed by atoms with van der Waals surface area (Å²) in [6.45, 7) is 11.1. The fraction of sp³-hybridized carbons (Fsp3) is 0.286. The van der Waals surface area contributed by atoms with Crippen molar-refractivity contribution in [2.45, 2.75) is 40.3 Å². The highest BCUT2D eigenvalue weighted by Crippen LogP contribution is 2.33. The Hall–Kier alpha value is -2.79. The number of hydrogen-bond acceptors (Lipinski definition) is 3. The SMILES string of the molecule is C=C(C)c1cc(F)c(N(Cc2ccc(OC)cc2)Cc2ccc(OC)cc2)cc1Br.CCC. The van der Waals surface area contributed by atoms with E-state index in [1.807, 2.05) is 66.4 Å². The van der Waals surface area contributed by atoms with E-state index in [0.717, 1.165) is 38.2 Å². The molecule has 0 atom stereocenters. The third-order valence-electron chi connectivity index (χ3n) is 4.90. The maximum absolute atomic E-state index is 15.1. The summed E-state index contributed by atoms with van der Waals surface area (Å²) < 4.78 is 26.5. The summed E-state index contributed by atoms with van der Waals surface area (Å²) in [6, 6.07) is 19.0. The van der Waals surface area contributed by atoms with Crippen molar-refractivity contribution in [2.24, 2.45) is 0 Å². The minimum Gasteiger partial charge on any atom is -0.497 e. The standard InChI is InChI=1S/C25H25BrFNO2.C3H8/c1-17(2)22-13-24(27)25(14-23(22)26)28(15-18-5-9-20(29-3)10-6-18)16-19-7-11-21(30-4)12-8-19;1-3-2/h5-14H,1,15-16H2,2-4H3;3H2,1-2H3. The molecule has 176 valence electrons. The molecule has 0 aliphatic heterocycles. The van der Waals surface area contributed by atoms with Gasteiger partial charge >= 0.3 is 0 Å².